The number of hydrogen-bond donors (Lipinski definition) is 0. The van der Waals surface area contributed by atoms with E-state index in [1.165, 1.54) is 12.8 Å². The van der Waals surface area contributed by atoms with E-state index in [-0.39, 0.29) is 23.8 Å². The Morgan fingerprint density at radius 1 is 1.25 bits per heavy atom. The van der Waals surface area contributed by atoms with Crippen LogP contribution in [0.1, 0.15) is 50.8 Å². The van der Waals surface area contributed by atoms with Gasteiger partial charge in [0.25, 0.3) is 0 Å². The fourth-order valence-electron chi connectivity index (χ4n) is 4.76. The van der Waals surface area contributed by atoms with E-state index in [1.807, 2.05) is 21.2 Å². The molecule has 0 bridgehead atoms. The summed E-state index contributed by atoms with van der Waals surface area (Å²) in [5.41, 5.74) is -0.419. The molecule has 0 N–H and O–H groups in total. The summed E-state index contributed by atoms with van der Waals surface area (Å²) in [7, 11) is 0. The van der Waals surface area contributed by atoms with E-state index in [1.54, 1.807) is 11.3 Å². The monoisotopic (exact) mass is 346 g/mol. The van der Waals surface area contributed by atoms with Crippen molar-refractivity contribution in [1.29, 1.82) is 0 Å². The molecule has 1 aromatic heterocycles. The molecule has 1 aliphatic heterocycles. The second-order valence-corrected chi connectivity index (χ2v) is 9.14. The van der Waals surface area contributed by atoms with Crippen LogP contribution in [-0.4, -0.2) is 47.3 Å². The van der Waals surface area contributed by atoms with Crippen LogP contribution in [0.4, 0.5) is 0 Å². The van der Waals surface area contributed by atoms with Crippen molar-refractivity contribution in [2.24, 2.45) is 5.41 Å². The van der Waals surface area contributed by atoms with Crippen molar-refractivity contribution in [3.05, 3.63) is 22.4 Å². The first-order chi connectivity index (χ1) is 11.5. The van der Waals surface area contributed by atoms with Crippen molar-refractivity contribution >= 4 is 23.2 Å². The molecule has 0 aromatic carbocycles. The van der Waals surface area contributed by atoms with Crippen LogP contribution in [0.15, 0.2) is 17.5 Å². The minimum absolute atomic E-state index is 0.0133. The summed E-state index contributed by atoms with van der Waals surface area (Å²) in [6.07, 6.45) is 5.60. The molecule has 5 heteroatoms. The number of carbonyl (C=O) groups is 2. The van der Waals surface area contributed by atoms with Gasteiger partial charge in [0.1, 0.15) is 0 Å². The van der Waals surface area contributed by atoms with Gasteiger partial charge in [-0.3, -0.25) is 9.59 Å². The van der Waals surface area contributed by atoms with Crippen molar-refractivity contribution in [2.75, 3.05) is 19.6 Å². The Balaban J connectivity index is 1.51. The van der Waals surface area contributed by atoms with Crippen molar-refractivity contribution in [1.82, 2.24) is 9.80 Å². The Morgan fingerprint density at radius 3 is 2.50 bits per heavy atom. The normalized spacial score (nSPS) is 30.0. The van der Waals surface area contributed by atoms with E-state index >= 15 is 0 Å². The third kappa shape index (κ3) is 2.32. The average molecular weight is 346 g/mol. The summed E-state index contributed by atoms with van der Waals surface area (Å²) in [5, 5.41) is 2.04. The van der Waals surface area contributed by atoms with E-state index in [0.717, 1.165) is 24.1 Å². The van der Waals surface area contributed by atoms with Crippen molar-refractivity contribution < 1.29 is 9.59 Å². The SMILES string of the molecule is CC1(C)CC1(C(=O)N1CCN(C2CCCC2)C(=O)C1)c1cccs1. The molecule has 4 rings (SSSR count). The number of thiophene rings is 1. The molecule has 3 fully saturated rings. The lowest BCUT2D eigenvalue weighted by Crippen LogP contribution is -2.57. The van der Waals surface area contributed by atoms with E-state index in [0.29, 0.717) is 19.1 Å². The first kappa shape index (κ1) is 16.1. The summed E-state index contributed by atoms with van der Waals surface area (Å²) in [6, 6.07) is 4.51. The number of amides is 2. The predicted octanol–water partition coefficient (Wildman–Crippen LogP) is 3.03. The second-order valence-electron chi connectivity index (χ2n) is 8.20. The molecule has 1 atom stereocenters. The van der Waals surface area contributed by atoms with Crippen LogP contribution < -0.4 is 0 Å². The Labute approximate surface area is 147 Å². The van der Waals surface area contributed by atoms with Gasteiger partial charge in [0.2, 0.25) is 11.8 Å². The maximum atomic E-state index is 13.3. The van der Waals surface area contributed by atoms with Gasteiger partial charge in [-0.25, -0.2) is 0 Å². The minimum Gasteiger partial charge on any atom is -0.336 e. The van der Waals surface area contributed by atoms with Gasteiger partial charge in [-0.15, -0.1) is 11.3 Å². The van der Waals surface area contributed by atoms with Gasteiger partial charge in [-0.2, -0.15) is 0 Å². The quantitative estimate of drug-likeness (QED) is 0.844. The number of hydrogen-bond acceptors (Lipinski definition) is 3. The largest absolute Gasteiger partial charge is 0.336 e. The molecule has 2 aliphatic carbocycles. The average Bonchev–Trinajstić information content (AvgIpc) is 3.07. The number of piperazine rings is 1. The van der Waals surface area contributed by atoms with Gasteiger partial charge in [0, 0.05) is 24.0 Å². The maximum Gasteiger partial charge on any atom is 0.242 e. The first-order valence-electron chi connectivity index (χ1n) is 9.08. The van der Waals surface area contributed by atoms with Gasteiger partial charge in [0.05, 0.1) is 12.0 Å². The predicted molar refractivity (Wildman–Crippen MR) is 94.9 cm³/mol. The highest BCUT2D eigenvalue weighted by atomic mass is 32.1. The summed E-state index contributed by atoms with van der Waals surface area (Å²) in [4.78, 5) is 31.0. The molecule has 0 spiro atoms. The molecular formula is C19H26N2O2S. The lowest BCUT2D eigenvalue weighted by Gasteiger charge is -2.39. The van der Waals surface area contributed by atoms with Gasteiger partial charge >= 0.3 is 0 Å². The highest BCUT2D eigenvalue weighted by Gasteiger charge is 2.68. The lowest BCUT2D eigenvalue weighted by atomic mass is 9.92. The van der Waals surface area contributed by atoms with Crippen LogP contribution in [0.2, 0.25) is 0 Å². The molecule has 2 amide bonds. The molecule has 24 heavy (non-hydrogen) atoms. The smallest absolute Gasteiger partial charge is 0.242 e. The van der Waals surface area contributed by atoms with Gasteiger partial charge < -0.3 is 9.80 Å². The highest BCUT2D eigenvalue weighted by molar-refractivity contribution is 7.10. The molecule has 4 nitrogen and oxygen atoms in total. The third-order valence-electron chi connectivity index (χ3n) is 6.35. The summed E-state index contributed by atoms with van der Waals surface area (Å²) in [5.74, 6) is 0.302. The second kappa shape index (κ2) is 5.58. The topological polar surface area (TPSA) is 40.6 Å². The van der Waals surface area contributed by atoms with Crippen LogP contribution in [-0.2, 0) is 15.0 Å². The van der Waals surface area contributed by atoms with Gasteiger partial charge in [0.15, 0.2) is 0 Å². The van der Waals surface area contributed by atoms with Crippen molar-refractivity contribution in [2.45, 2.75) is 57.4 Å². The van der Waals surface area contributed by atoms with Gasteiger partial charge in [-0.05, 0) is 36.1 Å². The zero-order chi connectivity index (χ0) is 16.9. The highest BCUT2D eigenvalue weighted by Crippen LogP contribution is 2.66. The molecule has 3 aliphatic rings. The molecule has 1 saturated heterocycles. The Hall–Kier alpha value is -1.36. The van der Waals surface area contributed by atoms with Crippen LogP contribution in [0.3, 0.4) is 0 Å². The van der Waals surface area contributed by atoms with Crippen molar-refractivity contribution in [3.8, 4) is 0 Å². The van der Waals surface area contributed by atoms with Crippen LogP contribution >= 0.6 is 11.3 Å². The third-order valence-corrected chi connectivity index (χ3v) is 7.39. The van der Waals surface area contributed by atoms with E-state index in [2.05, 4.69) is 19.9 Å². The van der Waals surface area contributed by atoms with E-state index < -0.39 is 5.41 Å². The number of rotatable bonds is 3. The van der Waals surface area contributed by atoms with Gasteiger partial charge in [-0.1, -0.05) is 32.8 Å². The summed E-state index contributed by atoms with van der Waals surface area (Å²) >= 11 is 1.67. The summed E-state index contributed by atoms with van der Waals surface area (Å²) < 4.78 is 0. The van der Waals surface area contributed by atoms with Crippen LogP contribution in [0.25, 0.3) is 0 Å². The zero-order valence-corrected chi connectivity index (χ0v) is 15.4. The lowest BCUT2D eigenvalue weighted by molar-refractivity contribution is -0.148. The van der Waals surface area contributed by atoms with Crippen molar-refractivity contribution in [3.63, 3.8) is 0 Å². The number of carbonyl (C=O) groups excluding carboxylic acids is 2. The molecule has 2 saturated carbocycles. The zero-order valence-electron chi connectivity index (χ0n) is 14.6. The first-order valence-corrected chi connectivity index (χ1v) is 9.96. The Bertz CT molecular complexity index is 648. The molecule has 1 unspecified atom stereocenters. The van der Waals surface area contributed by atoms with Crippen LogP contribution in [0.5, 0.6) is 0 Å². The maximum absolute atomic E-state index is 13.3. The molecule has 1 aromatic rings. The van der Waals surface area contributed by atoms with E-state index in [9.17, 15) is 9.59 Å². The fourth-order valence-corrected chi connectivity index (χ4v) is 5.86. The van der Waals surface area contributed by atoms with Crippen LogP contribution in [0, 0.1) is 5.41 Å². The standard InChI is InChI=1S/C19H26N2O2S/c1-18(2)13-19(18,15-8-5-11-24-15)17(23)20-9-10-21(16(22)12-20)14-6-3-4-7-14/h5,8,11,14H,3-4,6-7,9-10,12-13H2,1-2H3. The molecule has 2 heterocycles. The molecule has 0 radical (unpaired) electrons. The van der Waals surface area contributed by atoms with E-state index in [4.69, 9.17) is 0 Å². The fraction of sp³-hybridized carbons (Fsp3) is 0.684. The summed E-state index contributed by atoms with van der Waals surface area (Å²) in [6.45, 7) is 5.99. The molecule has 130 valence electrons. The number of nitrogens with zero attached hydrogens (tertiary/aromatic N) is 2. The minimum atomic E-state index is -0.406. The Kier molecular flexibility index (Phi) is 3.75. The molecular weight excluding hydrogens is 320 g/mol. The Morgan fingerprint density at radius 2 is 1.96 bits per heavy atom.